The molecule has 4 nitrogen and oxygen atoms in total. The first-order valence-electron chi connectivity index (χ1n) is 4.48. The summed E-state index contributed by atoms with van der Waals surface area (Å²) >= 11 is 0. The minimum Gasteiger partial charge on any atom is -0.324 e. The fraction of sp³-hybridized carbons (Fsp3) is 0. The van der Waals surface area contributed by atoms with E-state index < -0.39 is 0 Å². The average Bonchev–Trinajstić information content (AvgIpc) is 2.31. The van der Waals surface area contributed by atoms with Gasteiger partial charge in [0.1, 0.15) is 0 Å². The zero-order valence-electron chi connectivity index (χ0n) is 7.92. The van der Waals surface area contributed by atoms with Crippen molar-refractivity contribution in [2.45, 2.75) is 0 Å². The molecule has 0 bridgehead atoms. The van der Waals surface area contributed by atoms with Gasteiger partial charge in [0, 0.05) is 18.1 Å². The van der Waals surface area contributed by atoms with Crippen LogP contribution < -0.4 is 5.32 Å². The second-order valence-electron chi connectivity index (χ2n) is 2.95. The molecule has 0 aliphatic heterocycles. The Hall–Kier alpha value is -2.23. The van der Waals surface area contributed by atoms with Crippen LogP contribution in [0, 0.1) is 0 Å². The summed E-state index contributed by atoms with van der Waals surface area (Å²) in [6, 6.07) is 9.60. The van der Waals surface area contributed by atoms with Crippen LogP contribution in [0.3, 0.4) is 0 Å². The van der Waals surface area contributed by atoms with Gasteiger partial charge in [0.25, 0.3) is 0 Å². The van der Waals surface area contributed by atoms with Crippen molar-refractivity contribution in [2.24, 2.45) is 0 Å². The molecule has 0 unspecified atom stereocenters. The Kier molecular flexibility index (Phi) is 2.69. The van der Waals surface area contributed by atoms with Gasteiger partial charge < -0.3 is 5.32 Å². The van der Waals surface area contributed by atoms with E-state index >= 15 is 0 Å². The van der Waals surface area contributed by atoms with E-state index in [-0.39, 0.29) is 0 Å². The van der Waals surface area contributed by atoms with Crippen LogP contribution in [0.25, 0.3) is 0 Å². The van der Waals surface area contributed by atoms with Gasteiger partial charge in [-0.15, -0.1) is 0 Å². The number of aldehydes is 1. The molecule has 1 heterocycles. The van der Waals surface area contributed by atoms with Crippen molar-refractivity contribution in [2.75, 3.05) is 5.32 Å². The SMILES string of the molecule is O=Cc1cnc(Nc2ccccc2)nc1. The maximum Gasteiger partial charge on any atom is 0.227 e. The van der Waals surface area contributed by atoms with Gasteiger partial charge in [0.15, 0.2) is 6.29 Å². The summed E-state index contributed by atoms with van der Waals surface area (Å²) in [6.45, 7) is 0. The second kappa shape index (κ2) is 4.32. The molecule has 15 heavy (non-hydrogen) atoms. The molecule has 1 aromatic heterocycles. The zero-order valence-corrected chi connectivity index (χ0v) is 7.92. The third-order valence-corrected chi connectivity index (χ3v) is 1.84. The lowest BCUT2D eigenvalue weighted by molar-refractivity contribution is 0.112. The molecule has 0 saturated carbocycles. The van der Waals surface area contributed by atoms with Crippen molar-refractivity contribution >= 4 is 17.9 Å². The normalized spacial score (nSPS) is 9.60. The summed E-state index contributed by atoms with van der Waals surface area (Å²) in [5.74, 6) is 0.479. The lowest BCUT2D eigenvalue weighted by atomic mass is 10.3. The Balaban J connectivity index is 2.15. The van der Waals surface area contributed by atoms with E-state index in [2.05, 4.69) is 15.3 Å². The topological polar surface area (TPSA) is 54.9 Å². The number of aromatic nitrogens is 2. The molecule has 0 spiro atoms. The van der Waals surface area contributed by atoms with E-state index in [0.717, 1.165) is 5.69 Å². The van der Waals surface area contributed by atoms with Gasteiger partial charge in [-0.25, -0.2) is 9.97 Å². The van der Waals surface area contributed by atoms with E-state index in [1.165, 1.54) is 12.4 Å². The second-order valence-corrected chi connectivity index (χ2v) is 2.95. The maximum atomic E-state index is 10.4. The summed E-state index contributed by atoms with van der Waals surface area (Å²) < 4.78 is 0. The molecule has 0 atom stereocenters. The van der Waals surface area contributed by atoms with Gasteiger partial charge in [0.05, 0.1) is 5.56 Å². The molecule has 1 aromatic carbocycles. The number of nitrogens with zero attached hydrogens (tertiary/aromatic N) is 2. The molecular weight excluding hydrogens is 190 g/mol. The Morgan fingerprint density at radius 1 is 1.07 bits per heavy atom. The molecule has 0 saturated heterocycles. The Morgan fingerprint density at radius 3 is 2.33 bits per heavy atom. The molecule has 0 aliphatic rings. The Morgan fingerprint density at radius 2 is 1.73 bits per heavy atom. The standard InChI is InChI=1S/C11H9N3O/c15-8-9-6-12-11(13-7-9)14-10-4-2-1-3-5-10/h1-8H,(H,12,13,14). The van der Waals surface area contributed by atoms with Gasteiger partial charge in [-0.3, -0.25) is 4.79 Å². The fourth-order valence-corrected chi connectivity index (χ4v) is 1.11. The molecule has 4 heteroatoms. The van der Waals surface area contributed by atoms with Crippen LogP contribution in [0.4, 0.5) is 11.6 Å². The Labute approximate surface area is 87.0 Å². The van der Waals surface area contributed by atoms with Crippen molar-refractivity contribution in [3.63, 3.8) is 0 Å². The van der Waals surface area contributed by atoms with Crippen LogP contribution in [0.1, 0.15) is 10.4 Å². The molecule has 0 amide bonds. The minimum atomic E-state index is 0.466. The first-order valence-corrected chi connectivity index (χ1v) is 4.48. The summed E-state index contributed by atoms with van der Waals surface area (Å²) in [4.78, 5) is 18.4. The van der Waals surface area contributed by atoms with E-state index in [9.17, 15) is 4.79 Å². The number of hydrogen-bond donors (Lipinski definition) is 1. The summed E-state index contributed by atoms with van der Waals surface area (Å²) in [5.41, 5.74) is 1.38. The van der Waals surface area contributed by atoms with Crippen molar-refractivity contribution in [1.82, 2.24) is 9.97 Å². The van der Waals surface area contributed by atoms with Crippen LogP contribution in [0.15, 0.2) is 42.7 Å². The number of rotatable bonds is 3. The maximum absolute atomic E-state index is 10.4. The van der Waals surface area contributed by atoms with Crippen molar-refractivity contribution in [3.05, 3.63) is 48.3 Å². The number of carbonyl (C=O) groups excluding carboxylic acids is 1. The molecule has 0 radical (unpaired) electrons. The van der Waals surface area contributed by atoms with Crippen LogP contribution in [-0.4, -0.2) is 16.3 Å². The molecule has 2 rings (SSSR count). The summed E-state index contributed by atoms with van der Waals surface area (Å²) in [7, 11) is 0. The highest BCUT2D eigenvalue weighted by molar-refractivity contribution is 5.73. The number of benzene rings is 1. The highest BCUT2D eigenvalue weighted by Crippen LogP contribution is 2.10. The third kappa shape index (κ3) is 2.37. The van der Waals surface area contributed by atoms with Crippen LogP contribution in [-0.2, 0) is 0 Å². The summed E-state index contributed by atoms with van der Waals surface area (Å²) in [5, 5.41) is 3.02. The van der Waals surface area contributed by atoms with E-state index in [1.807, 2.05) is 30.3 Å². The molecule has 0 fully saturated rings. The number of carbonyl (C=O) groups is 1. The first-order chi connectivity index (χ1) is 7.38. The van der Waals surface area contributed by atoms with Gasteiger partial charge in [-0.05, 0) is 12.1 Å². The predicted molar refractivity (Wildman–Crippen MR) is 57.1 cm³/mol. The van der Waals surface area contributed by atoms with Crippen LogP contribution in [0.5, 0.6) is 0 Å². The molecule has 0 aliphatic carbocycles. The van der Waals surface area contributed by atoms with Crippen LogP contribution >= 0.6 is 0 Å². The molecule has 2 aromatic rings. The third-order valence-electron chi connectivity index (χ3n) is 1.84. The monoisotopic (exact) mass is 199 g/mol. The first kappa shape index (κ1) is 9.33. The fourth-order valence-electron chi connectivity index (χ4n) is 1.11. The number of hydrogen-bond acceptors (Lipinski definition) is 4. The lowest BCUT2D eigenvalue weighted by Crippen LogP contribution is -1.97. The molecule has 1 N–H and O–H groups in total. The molecule has 74 valence electrons. The van der Waals surface area contributed by atoms with Gasteiger partial charge >= 0.3 is 0 Å². The highest BCUT2D eigenvalue weighted by atomic mass is 16.1. The van der Waals surface area contributed by atoms with Crippen LogP contribution in [0.2, 0.25) is 0 Å². The van der Waals surface area contributed by atoms with E-state index in [0.29, 0.717) is 17.8 Å². The average molecular weight is 199 g/mol. The Bertz CT molecular complexity index is 439. The zero-order chi connectivity index (χ0) is 10.5. The number of para-hydroxylation sites is 1. The molecular formula is C11H9N3O. The van der Waals surface area contributed by atoms with Crippen molar-refractivity contribution in [1.29, 1.82) is 0 Å². The van der Waals surface area contributed by atoms with Crippen molar-refractivity contribution in [3.8, 4) is 0 Å². The highest BCUT2D eigenvalue weighted by Gasteiger charge is 1.96. The minimum absolute atomic E-state index is 0.466. The largest absolute Gasteiger partial charge is 0.324 e. The lowest BCUT2D eigenvalue weighted by Gasteiger charge is -2.03. The smallest absolute Gasteiger partial charge is 0.227 e. The van der Waals surface area contributed by atoms with Gasteiger partial charge in [-0.2, -0.15) is 0 Å². The van der Waals surface area contributed by atoms with Crippen molar-refractivity contribution < 1.29 is 4.79 Å². The van der Waals surface area contributed by atoms with Gasteiger partial charge in [0.2, 0.25) is 5.95 Å². The number of anilines is 2. The van der Waals surface area contributed by atoms with E-state index in [1.54, 1.807) is 0 Å². The van der Waals surface area contributed by atoms with E-state index in [4.69, 9.17) is 0 Å². The summed E-state index contributed by atoms with van der Waals surface area (Å²) in [6.07, 6.45) is 3.67. The quantitative estimate of drug-likeness (QED) is 0.768. The van der Waals surface area contributed by atoms with Gasteiger partial charge in [-0.1, -0.05) is 18.2 Å². The number of nitrogens with one attached hydrogen (secondary N) is 1. The predicted octanol–water partition coefficient (Wildman–Crippen LogP) is 2.03.